The second-order valence-electron chi connectivity index (χ2n) is 13.6. The number of amides is 1. The molecule has 5 fully saturated rings. The van der Waals surface area contributed by atoms with Gasteiger partial charge in [-0.3, -0.25) is 19.9 Å². The summed E-state index contributed by atoms with van der Waals surface area (Å²) in [5, 5.41) is 27.5. The lowest BCUT2D eigenvalue weighted by Crippen LogP contribution is -2.60. The van der Waals surface area contributed by atoms with Crippen molar-refractivity contribution in [2.24, 2.45) is 17.8 Å². The zero-order valence-corrected chi connectivity index (χ0v) is 26.2. The molecule has 0 spiro atoms. The number of hydrogen-bond acceptors (Lipinski definition) is 10. The van der Waals surface area contributed by atoms with Gasteiger partial charge in [0.2, 0.25) is 5.91 Å². The molecule has 242 valence electrons. The molecule has 5 aliphatic rings. The summed E-state index contributed by atoms with van der Waals surface area (Å²) in [4.78, 5) is 18.4. The summed E-state index contributed by atoms with van der Waals surface area (Å²) in [6.45, 7) is 11.5. The fourth-order valence-corrected chi connectivity index (χ4v) is 8.32. The fraction of sp³-hybridized carbons (Fsp3) is 0.968. The smallest absolute Gasteiger partial charge is 0.223 e. The number of piperidine rings is 2. The summed E-state index contributed by atoms with van der Waals surface area (Å²) in [6.07, 6.45) is 12.7. The molecule has 8 atom stereocenters. The van der Waals surface area contributed by atoms with Crippen LogP contribution in [0, 0.1) is 17.8 Å². The van der Waals surface area contributed by atoms with Crippen LogP contribution >= 0.6 is 0 Å². The first-order valence-corrected chi connectivity index (χ1v) is 17.4. The molecule has 0 aromatic heterocycles. The summed E-state index contributed by atoms with van der Waals surface area (Å²) in [6, 6.07) is 1.29. The number of carbonyl (C=O) groups excluding carboxylic acids is 1. The number of aliphatic hydroxyl groups excluding tert-OH is 1. The van der Waals surface area contributed by atoms with Crippen molar-refractivity contribution in [3.05, 3.63) is 0 Å². The van der Waals surface area contributed by atoms with Gasteiger partial charge in [-0.15, -0.1) is 0 Å². The minimum Gasteiger partial charge on any atom is -0.396 e. The molecule has 0 aromatic carbocycles. The highest BCUT2D eigenvalue weighted by Gasteiger charge is 2.39. The van der Waals surface area contributed by atoms with Crippen LogP contribution in [0.3, 0.4) is 0 Å². The van der Waals surface area contributed by atoms with Crippen LogP contribution in [-0.4, -0.2) is 117 Å². The number of hydrazine groups is 1. The summed E-state index contributed by atoms with van der Waals surface area (Å²) in [7, 11) is 0. The van der Waals surface area contributed by atoms with Crippen molar-refractivity contribution in [1.29, 1.82) is 0 Å². The van der Waals surface area contributed by atoms with Gasteiger partial charge in [-0.2, -0.15) is 0 Å². The Morgan fingerprint density at radius 3 is 2.69 bits per heavy atom. The van der Waals surface area contributed by atoms with Gasteiger partial charge in [-0.05, 0) is 89.4 Å². The first-order valence-electron chi connectivity index (χ1n) is 17.4. The van der Waals surface area contributed by atoms with Gasteiger partial charge >= 0.3 is 0 Å². The van der Waals surface area contributed by atoms with Crippen molar-refractivity contribution >= 4 is 5.91 Å². The van der Waals surface area contributed by atoms with Gasteiger partial charge in [0.1, 0.15) is 0 Å². The number of aliphatic hydroxyl groups is 1. The SMILES string of the molecule is CCC1CNCCC1CNC(=O)C1CCCC(NCC2NNC(C3CCNCN3)N2CCN2CCCCC2CCO)C1. The molecule has 4 heterocycles. The minimum atomic E-state index is 0.123. The van der Waals surface area contributed by atoms with E-state index in [1.807, 2.05) is 0 Å². The summed E-state index contributed by atoms with van der Waals surface area (Å²) in [5.41, 5.74) is 7.27. The number of rotatable bonds is 13. The van der Waals surface area contributed by atoms with Crippen molar-refractivity contribution in [2.45, 2.75) is 108 Å². The van der Waals surface area contributed by atoms with E-state index in [-0.39, 0.29) is 30.8 Å². The van der Waals surface area contributed by atoms with Gasteiger partial charge < -0.3 is 26.4 Å². The predicted molar refractivity (Wildman–Crippen MR) is 167 cm³/mol. The van der Waals surface area contributed by atoms with Crippen molar-refractivity contribution in [3.63, 3.8) is 0 Å². The highest BCUT2D eigenvalue weighted by molar-refractivity contribution is 5.78. The maximum atomic E-state index is 13.2. The van der Waals surface area contributed by atoms with E-state index in [2.05, 4.69) is 54.2 Å². The zero-order valence-electron chi connectivity index (χ0n) is 26.2. The Bertz CT molecular complexity index is 798. The van der Waals surface area contributed by atoms with Crippen molar-refractivity contribution in [3.8, 4) is 0 Å². The maximum Gasteiger partial charge on any atom is 0.223 e. The highest BCUT2D eigenvalue weighted by atomic mass is 16.3. The van der Waals surface area contributed by atoms with Gasteiger partial charge in [-0.1, -0.05) is 26.2 Å². The molecule has 4 saturated heterocycles. The van der Waals surface area contributed by atoms with E-state index in [4.69, 9.17) is 0 Å². The molecule has 1 saturated carbocycles. The summed E-state index contributed by atoms with van der Waals surface area (Å²) < 4.78 is 0. The van der Waals surface area contributed by atoms with Crippen LogP contribution < -0.4 is 37.4 Å². The van der Waals surface area contributed by atoms with Gasteiger partial charge in [0.15, 0.2) is 0 Å². The molecule has 0 aromatic rings. The van der Waals surface area contributed by atoms with E-state index in [1.54, 1.807) is 0 Å². The molecule has 5 rings (SSSR count). The molecule has 8 unspecified atom stereocenters. The standard InChI is InChI=1S/C31H61N9O2/c1-2-23-19-32-12-9-25(23)20-35-31(42)24-6-5-7-26(18-24)34-21-29-37-38-30(28-10-13-33-22-36-28)40(29)16-15-39-14-4-3-8-27(39)11-17-41/h23-30,32-34,36-38,41H,2-22H2,1H3,(H,35,42). The Labute approximate surface area is 254 Å². The number of carbonyl (C=O) groups is 1. The minimum absolute atomic E-state index is 0.123. The van der Waals surface area contributed by atoms with E-state index in [0.717, 1.165) is 97.6 Å². The summed E-state index contributed by atoms with van der Waals surface area (Å²) in [5.74, 6) is 1.68. The molecule has 0 bridgehead atoms. The largest absolute Gasteiger partial charge is 0.396 e. The van der Waals surface area contributed by atoms with Gasteiger partial charge in [-0.25, -0.2) is 10.9 Å². The number of likely N-dealkylation sites (tertiary alicyclic amines) is 1. The Morgan fingerprint density at radius 1 is 0.952 bits per heavy atom. The number of nitrogens with one attached hydrogen (secondary N) is 7. The average molecular weight is 592 g/mol. The molecule has 11 heteroatoms. The quantitative estimate of drug-likeness (QED) is 0.149. The molecule has 1 amide bonds. The molecule has 11 nitrogen and oxygen atoms in total. The Hall–Kier alpha value is -0.890. The predicted octanol–water partition coefficient (Wildman–Crippen LogP) is 0.0946. The van der Waals surface area contributed by atoms with Crippen LogP contribution in [0.15, 0.2) is 0 Å². The van der Waals surface area contributed by atoms with E-state index in [9.17, 15) is 9.90 Å². The lowest BCUT2D eigenvalue weighted by Gasteiger charge is -2.40. The zero-order chi connectivity index (χ0) is 29.1. The number of hydrogen-bond donors (Lipinski definition) is 8. The monoisotopic (exact) mass is 591 g/mol. The van der Waals surface area contributed by atoms with Gasteiger partial charge in [0, 0.05) is 63.5 Å². The third-order valence-corrected chi connectivity index (χ3v) is 11.0. The molecular formula is C31H61N9O2. The van der Waals surface area contributed by atoms with Gasteiger partial charge in [0.25, 0.3) is 0 Å². The second kappa shape index (κ2) is 17.0. The third kappa shape index (κ3) is 8.85. The van der Waals surface area contributed by atoms with Crippen LogP contribution in [0.5, 0.6) is 0 Å². The van der Waals surface area contributed by atoms with Crippen LogP contribution in [0.4, 0.5) is 0 Å². The van der Waals surface area contributed by atoms with E-state index >= 15 is 0 Å². The fourth-order valence-electron chi connectivity index (χ4n) is 8.32. The second-order valence-corrected chi connectivity index (χ2v) is 13.6. The first kappa shape index (κ1) is 32.5. The van der Waals surface area contributed by atoms with Crippen LogP contribution in [0.25, 0.3) is 0 Å². The third-order valence-electron chi connectivity index (χ3n) is 11.0. The highest BCUT2D eigenvalue weighted by Crippen LogP contribution is 2.26. The van der Waals surface area contributed by atoms with Crippen LogP contribution in [0.2, 0.25) is 0 Å². The molecular weight excluding hydrogens is 530 g/mol. The Kier molecular flexibility index (Phi) is 13.1. The van der Waals surface area contributed by atoms with Crippen molar-refractivity contribution in [2.75, 3.05) is 65.6 Å². The Balaban J connectivity index is 1.12. The first-order chi connectivity index (χ1) is 20.7. The van der Waals surface area contributed by atoms with Crippen molar-refractivity contribution in [1.82, 2.24) is 47.2 Å². The molecule has 0 radical (unpaired) electrons. The van der Waals surface area contributed by atoms with E-state index in [1.165, 1.54) is 32.1 Å². The summed E-state index contributed by atoms with van der Waals surface area (Å²) >= 11 is 0. The average Bonchev–Trinajstić information content (AvgIpc) is 3.45. The van der Waals surface area contributed by atoms with Crippen molar-refractivity contribution < 1.29 is 9.90 Å². The lowest BCUT2D eigenvalue weighted by molar-refractivity contribution is -0.126. The van der Waals surface area contributed by atoms with Crippen LogP contribution in [0.1, 0.15) is 77.6 Å². The van der Waals surface area contributed by atoms with Gasteiger partial charge in [0.05, 0.1) is 12.3 Å². The topological polar surface area (TPSA) is 128 Å². The van der Waals surface area contributed by atoms with E-state index < -0.39 is 0 Å². The molecule has 8 N–H and O–H groups in total. The molecule has 42 heavy (non-hydrogen) atoms. The molecule has 1 aliphatic carbocycles. The normalized spacial score (nSPS) is 37.1. The molecule has 4 aliphatic heterocycles. The van der Waals surface area contributed by atoms with Crippen LogP contribution in [-0.2, 0) is 4.79 Å². The number of nitrogens with zero attached hydrogens (tertiary/aromatic N) is 2. The lowest BCUT2D eigenvalue weighted by atomic mass is 9.83. The maximum absolute atomic E-state index is 13.2. The van der Waals surface area contributed by atoms with E-state index in [0.29, 0.717) is 30.0 Å². The Morgan fingerprint density at radius 2 is 1.86 bits per heavy atom.